The molecule has 4 heteroatoms. The Morgan fingerprint density at radius 1 is 1.42 bits per heavy atom. The number of nitrogens with one attached hydrogen (secondary N) is 1. The lowest BCUT2D eigenvalue weighted by Crippen LogP contribution is -2.29. The molecule has 2 unspecified atom stereocenters. The maximum atomic E-state index is 4.38. The highest BCUT2D eigenvalue weighted by Crippen LogP contribution is 2.30. The van der Waals surface area contributed by atoms with Gasteiger partial charge in [0.25, 0.3) is 0 Å². The van der Waals surface area contributed by atoms with Gasteiger partial charge in [0.05, 0.1) is 18.1 Å². The van der Waals surface area contributed by atoms with Crippen molar-refractivity contribution in [3.05, 3.63) is 40.1 Å². The van der Waals surface area contributed by atoms with Gasteiger partial charge in [-0.25, -0.2) is 4.98 Å². The van der Waals surface area contributed by atoms with Crippen LogP contribution in [0.15, 0.2) is 24.7 Å². The first-order valence-corrected chi connectivity index (χ1v) is 7.89. The summed E-state index contributed by atoms with van der Waals surface area (Å²) in [7, 11) is 0. The second kappa shape index (κ2) is 5.47. The average molecular weight is 275 g/mol. The molecule has 0 aliphatic carbocycles. The third-order valence-electron chi connectivity index (χ3n) is 3.95. The van der Waals surface area contributed by atoms with E-state index in [9.17, 15) is 0 Å². The van der Waals surface area contributed by atoms with E-state index in [1.165, 1.54) is 34.7 Å². The third kappa shape index (κ3) is 2.60. The van der Waals surface area contributed by atoms with Crippen LogP contribution in [-0.2, 0) is 0 Å². The fraction of sp³-hybridized carbons (Fsp3) is 0.533. The van der Waals surface area contributed by atoms with Gasteiger partial charge in [0.1, 0.15) is 0 Å². The van der Waals surface area contributed by atoms with Crippen LogP contribution in [0.2, 0.25) is 0 Å². The van der Waals surface area contributed by atoms with Crippen molar-refractivity contribution in [2.24, 2.45) is 0 Å². The number of hydrogen-bond acceptors (Lipinski definition) is 3. The molecule has 1 saturated heterocycles. The molecule has 0 aromatic carbocycles. The van der Waals surface area contributed by atoms with Crippen molar-refractivity contribution in [2.75, 3.05) is 6.54 Å². The Hall–Kier alpha value is -1.13. The van der Waals surface area contributed by atoms with Gasteiger partial charge in [-0.3, -0.25) is 0 Å². The van der Waals surface area contributed by atoms with Crippen LogP contribution >= 0.6 is 11.3 Å². The number of aryl methyl sites for hydroxylation is 1. The number of aromatic nitrogens is 2. The third-order valence-corrected chi connectivity index (χ3v) is 5.12. The maximum absolute atomic E-state index is 4.38. The molecule has 1 aliphatic rings. The topological polar surface area (TPSA) is 29.9 Å². The minimum Gasteiger partial charge on any atom is -0.325 e. The minimum absolute atomic E-state index is 0.375. The first-order valence-electron chi connectivity index (χ1n) is 7.07. The lowest BCUT2D eigenvalue weighted by molar-refractivity contribution is 0.390. The van der Waals surface area contributed by atoms with Gasteiger partial charge < -0.3 is 9.88 Å². The molecule has 2 aromatic heterocycles. The number of hydrogen-bond donors (Lipinski definition) is 1. The summed E-state index contributed by atoms with van der Waals surface area (Å²) in [5, 5.41) is 3.62. The largest absolute Gasteiger partial charge is 0.325 e. The Morgan fingerprint density at radius 2 is 2.32 bits per heavy atom. The van der Waals surface area contributed by atoms with E-state index in [0.717, 1.165) is 6.54 Å². The highest BCUT2D eigenvalue weighted by Gasteiger charge is 2.21. The van der Waals surface area contributed by atoms with Gasteiger partial charge in [-0.1, -0.05) is 6.42 Å². The van der Waals surface area contributed by atoms with Gasteiger partial charge in [0, 0.05) is 22.0 Å². The summed E-state index contributed by atoms with van der Waals surface area (Å²) in [6.07, 6.45) is 7.84. The first kappa shape index (κ1) is 12.9. The highest BCUT2D eigenvalue weighted by atomic mass is 32.1. The molecule has 3 nitrogen and oxygen atoms in total. The van der Waals surface area contributed by atoms with Crippen LogP contribution in [-0.4, -0.2) is 16.1 Å². The molecular formula is C15H21N3S. The molecule has 2 aromatic rings. The van der Waals surface area contributed by atoms with Crippen molar-refractivity contribution in [1.82, 2.24) is 14.9 Å². The molecule has 0 saturated carbocycles. The molecule has 0 spiro atoms. The molecule has 2 atom stereocenters. The van der Waals surface area contributed by atoms with Crippen molar-refractivity contribution in [1.29, 1.82) is 0 Å². The van der Waals surface area contributed by atoms with Crippen LogP contribution < -0.4 is 5.32 Å². The van der Waals surface area contributed by atoms with Crippen molar-refractivity contribution < 1.29 is 0 Å². The normalized spacial score (nSPS) is 21.5. The van der Waals surface area contributed by atoms with Crippen LogP contribution in [0.4, 0.5) is 0 Å². The van der Waals surface area contributed by atoms with E-state index in [0.29, 0.717) is 12.1 Å². The van der Waals surface area contributed by atoms with Gasteiger partial charge >= 0.3 is 0 Å². The summed E-state index contributed by atoms with van der Waals surface area (Å²) in [5.74, 6) is 0. The minimum atomic E-state index is 0.375. The van der Waals surface area contributed by atoms with E-state index in [2.05, 4.69) is 40.8 Å². The Kier molecular flexibility index (Phi) is 3.71. The zero-order chi connectivity index (χ0) is 13.2. The summed E-state index contributed by atoms with van der Waals surface area (Å²) in [5.41, 5.74) is 1.33. The monoisotopic (exact) mass is 275 g/mol. The molecule has 3 rings (SSSR count). The summed E-state index contributed by atoms with van der Waals surface area (Å²) >= 11 is 1.88. The van der Waals surface area contributed by atoms with Crippen LogP contribution in [0.1, 0.15) is 53.7 Å². The number of thiophene rings is 1. The van der Waals surface area contributed by atoms with E-state index in [-0.39, 0.29) is 0 Å². The van der Waals surface area contributed by atoms with E-state index in [4.69, 9.17) is 0 Å². The molecule has 19 heavy (non-hydrogen) atoms. The Balaban J connectivity index is 1.86. The molecule has 0 bridgehead atoms. The quantitative estimate of drug-likeness (QED) is 0.926. The zero-order valence-corrected chi connectivity index (χ0v) is 12.4. The molecule has 3 heterocycles. The average Bonchev–Trinajstić information content (AvgIpc) is 3.07. The number of rotatable bonds is 3. The standard InChI is InChI=1S/C15H21N3S/c1-11-6-7-15(19-11)12(2)18-10-16-9-14(18)13-5-3-4-8-17-13/h6-7,9-10,12-13,17H,3-5,8H2,1-2H3. The van der Waals surface area contributed by atoms with Crippen molar-refractivity contribution in [2.45, 2.75) is 45.2 Å². The SMILES string of the molecule is Cc1ccc(C(C)n2cncc2C2CCCCN2)s1. The Labute approximate surface area is 118 Å². The predicted molar refractivity (Wildman–Crippen MR) is 79.7 cm³/mol. The molecular weight excluding hydrogens is 254 g/mol. The van der Waals surface area contributed by atoms with Gasteiger partial charge in [-0.2, -0.15) is 0 Å². The second-order valence-corrected chi connectivity index (χ2v) is 6.67. The maximum Gasteiger partial charge on any atom is 0.0954 e. The first-order chi connectivity index (χ1) is 9.25. The smallest absolute Gasteiger partial charge is 0.0954 e. The molecule has 102 valence electrons. The predicted octanol–water partition coefficient (Wildman–Crippen LogP) is 3.68. The lowest BCUT2D eigenvalue weighted by atomic mass is 10.0. The zero-order valence-electron chi connectivity index (χ0n) is 11.6. The van der Waals surface area contributed by atoms with Crippen molar-refractivity contribution in [3.63, 3.8) is 0 Å². The summed E-state index contributed by atoms with van der Waals surface area (Å²) in [4.78, 5) is 7.16. The van der Waals surface area contributed by atoms with E-state index in [1.54, 1.807) is 0 Å². The van der Waals surface area contributed by atoms with E-state index < -0.39 is 0 Å². The fourth-order valence-electron chi connectivity index (χ4n) is 2.83. The second-order valence-electron chi connectivity index (χ2n) is 5.35. The van der Waals surface area contributed by atoms with Crippen LogP contribution in [0.3, 0.4) is 0 Å². The summed E-state index contributed by atoms with van der Waals surface area (Å²) in [6, 6.07) is 5.29. The summed E-state index contributed by atoms with van der Waals surface area (Å²) in [6.45, 7) is 5.56. The summed E-state index contributed by atoms with van der Waals surface area (Å²) < 4.78 is 2.33. The molecule has 0 radical (unpaired) electrons. The van der Waals surface area contributed by atoms with E-state index >= 15 is 0 Å². The number of nitrogens with zero attached hydrogens (tertiary/aromatic N) is 2. The van der Waals surface area contributed by atoms with Gasteiger partial charge in [0.2, 0.25) is 0 Å². The van der Waals surface area contributed by atoms with Crippen molar-refractivity contribution in [3.8, 4) is 0 Å². The van der Waals surface area contributed by atoms with Crippen molar-refractivity contribution >= 4 is 11.3 Å². The Morgan fingerprint density at radius 3 is 3.00 bits per heavy atom. The van der Waals surface area contributed by atoms with Gasteiger partial charge in [-0.15, -0.1) is 11.3 Å². The highest BCUT2D eigenvalue weighted by molar-refractivity contribution is 7.12. The molecule has 1 N–H and O–H groups in total. The lowest BCUT2D eigenvalue weighted by Gasteiger charge is -2.26. The van der Waals surface area contributed by atoms with Crippen LogP contribution in [0.5, 0.6) is 0 Å². The van der Waals surface area contributed by atoms with Crippen LogP contribution in [0.25, 0.3) is 0 Å². The molecule has 1 fully saturated rings. The van der Waals surface area contributed by atoms with Crippen LogP contribution in [0, 0.1) is 6.92 Å². The van der Waals surface area contributed by atoms with E-state index in [1.807, 2.05) is 23.9 Å². The van der Waals surface area contributed by atoms with Gasteiger partial charge in [-0.05, 0) is 45.4 Å². The number of piperidine rings is 1. The molecule has 1 aliphatic heterocycles. The Bertz CT molecular complexity index is 537. The van der Waals surface area contributed by atoms with Gasteiger partial charge in [0.15, 0.2) is 0 Å². The fourth-order valence-corrected chi connectivity index (χ4v) is 3.76. The number of imidazole rings is 1. The molecule has 0 amide bonds.